The fraction of sp³-hybridized carbons (Fsp3) is 0.545. The first-order valence-electron chi connectivity index (χ1n) is 6.32. The molecule has 2 aliphatic heterocycles. The minimum absolute atomic E-state index is 0.00758. The second-order valence-corrected chi connectivity index (χ2v) is 8.13. The lowest BCUT2D eigenvalue weighted by molar-refractivity contribution is -0.0115. The van der Waals surface area contributed by atoms with E-state index in [4.69, 9.17) is 16.3 Å². The van der Waals surface area contributed by atoms with Crippen LogP contribution in [-0.4, -0.2) is 47.4 Å². The molecule has 0 radical (unpaired) electrons. The molecule has 0 N–H and O–H groups in total. The van der Waals surface area contributed by atoms with E-state index in [2.05, 4.69) is 4.98 Å². The van der Waals surface area contributed by atoms with E-state index in [9.17, 15) is 8.42 Å². The van der Waals surface area contributed by atoms with Gasteiger partial charge in [-0.1, -0.05) is 11.6 Å². The number of rotatable bonds is 2. The monoisotopic (exact) mass is 333 g/mol. The van der Waals surface area contributed by atoms with E-state index < -0.39 is 10.0 Å². The zero-order valence-corrected chi connectivity index (χ0v) is 12.8. The standard InChI is InChI=1S/C11H12ClN3O3S2/c12-9-10(15-3-4-19-11(15)13-9)20(16,17)14-5-7-1-2-8(6-14)18-7/h3-4,7-8H,1-2,5-6H2. The van der Waals surface area contributed by atoms with Gasteiger partial charge in [-0.2, -0.15) is 4.31 Å². The maximum atomic E-state index is 12.8. The number of morpholine rings is 1. The summed E-state index contributed by atoms with van der Waals surface area (Å²) >= 11 is 7.40. The van der Waals surface area contributed by atoms with Gasteiger partial charge in [-0.25, -0.2) is 13.4 Å². The molecule has 108 valence electrons. The summed E-state index contributed by atoms with van der Waals surface area (Å²) in [5.74, 6) is 0. The number of imidazole rings is 1. The van der Waals surface area contributed by atoms with Gasteiger partial charge in [-0.05, 0) is 12.8 Å². The third kappa shape index (κ3) is 1.82. The van der Waals surface area contributed by atoms with E-state index in [-0.39, 0.29) is 22.4 Å². The van der Waals surface area contributed by atoms with Gasteiger partial charge in [0.15, 0.2) is 15.1 Å². The number of hydrogen-bond acceptors (Lipinski definition) is 5. The molecule has 4 heterocycles. The normalized spacial score (nSPS) is 27.4. The van der Waals surface area contributed by atoms with Crippen molar-refractivity contribution in [2.24, 2.45) is 0 Å². The van der Waals surface area contributed by atoms with E-state index in [1.165, 1.54) is 15.6 Å². The first-order valence-corrected chi connectivity index (χ1v) is 9.02. The van der Waals surface area contributed by atoms with Gasteiger partial charge in [0.1, 0.15) is 0 Å². The summed E-state index contributed by atoms with van der Waals surface area (Å²) in [6, 6.07) is 0. The molecule has 2 saturated heterocycles. The predicted octanol–water partition coefficient (Wildman–Crippen LogP) is 1.60. The van der Waals surface area contributed by atoms with Gasteiger partial charge < -0.3 is 4.74 Å². The van der Waals surface area contributed by atoms with Gasteiger partial charge in [-0.3, -0.25) is 4.40 Å². The Bertz CT molecular complexity index is 757. The molecular formula is C11H12ClN3O3S2. The average Bonchev–Trinajstić information content (AvgIpc) is 3.03. The number of fused-ring (bicyclic) bond motifs is 3. The van der Waals surface area contributed by atoms with Gasteiger partial charge in [0.05, 0.1) is 12.2 Å². The topological polar surface area (TPSA) is 63.9 Å². The lowest BCUT2D eigenvalue weighted by Crippen LogP contribution is -2.46. The summed E-state index contributed by atoms with van der Waals surface area (Å²) in [5, 5.41) is 1.90. The van der Waals surface area contributed by atoms with Crippen LogP contribution in [0.15, 0.2) is 16.6 Å². The summed E-state index contributed by atoms with van der Waals surface area (Å²) in [7, 11) is -3.64. The lowest BCUT2D eigenvalue weighted by atomic mass is 10.2. The number of thiazole rings is 1. The van der Waals surface area contributed by atoms with E-state index in [1.807, 2.05) is 0 Å². The molecule has 2 aromatic heterocycles. The van der Waals surface area contributed by atoms with Crippen molar-refractivity contribution in [3.63, 3.8) is 0 Å². The molecule has 2 unspecified atom stereocenters. The van der Waals surface area contributed by atoms with Crippen molar-refractivity contribution in [3.05, 3.63) is 16.7 Å². The second-order valence-electron chi connectivity index (χ2n) is 5.04. The number of nitrogens with zero attached hydrogens (tertiary/aromatic N) is 3. The van der Waals surface area contributed by atoms with E-state index in [0.29, 0.717) is 18.1 Å². The highest BCUT2D eigenvalue weighted by Crippen LogP contribution is 2.33. The number of aromatic nitrogens is 2. The summed E-state index contributed by atoms with van der Waals surface area (Å²) in [6.45, 7) is 0.791. The molecule has 2 aliphatic rings. The van der Waals surface area contributed by atoms with Gasteiger partial charge in [0.25, 0.3) is 10.0 Å². The van der Waals surface area contributed by atoms with Crippen LogP contribution in [-0.2, 0) is 14.8 Å². The van der Waals surface area contributed by atoms with Gasteiger partial charge in [0.2, 0.25) is 0 Å². The van der Waals surface area contributed by atoms with Crippen LogP contribution in [0.25, 0.3) is 4.96 Å². The third-order valence-electron chi connectivity index (χ3n) is 3.77. The quantitative estimate of drug-likeness (QED) is 0.837. The summed E-state index contributed by atoms with van der Waals surface area (Å²) in [5.41, 5.74) is 0. The zero-order valence-electron chi connectivity index (χ0n) is 10.4. The first-order chi connectivity index (χ1) is 9.55. The molecule has 2 atom stereocenters. The molecule has 6 nitrogen and oxygen atoms in total. The van der Waals surface area contributed by atoms with Crippen LogP contribution in [0.2, 0.25) is 5.15 Å². The maximum absolute atomic E-state index is 12.8. The van der Waals surface area contributed by atoms with Crippen LogP contribution < -0.4 is 0 Å². The van der Waals surface area contributed by atoms with Crippen LogP contribution in [0.5, 0.6) is 0 Å². The van der Waals surface area contributed by atoms with Crippen LogP contribution in [0.4, 0.5) is 0 Å². The molecule has 20 heavy (non-hydrogen) atoms. The minimum atomic E-state index is -3.64. The molecule has 2 bridgehead atoms. The number of sulfonamides is 1. The molecule has 2 aromatic rings. The van der Waals surface area contributed by atoms with Gasteiger partial charge in [-0.15, -0.1) is 11.3 Å². The highest BCUT2D eigenvalue weighted by atomic mass is 35.5. The van der Waals surface area contributed by atoms with Crippen LogP contribution in [0.1, 0.15) is 12.8 Å². The lowest BCUT2D eigenvalue weighted by Gasteiger charge is -2.30. The zero-order chi connectivity index (χ0) is 13.9. The third-order valence-corrected chi connectivity index (χ3v) is 6.76. The Morgan fingerprint density at radius 1 is 1.35 bits per heavy atom. The second kappa shape index (κ2) is 4.41. The maximum Gasteiger partial charge on any atom is 0.262 e. The van der Waals surface area contributed by atoms with E-state index in [1.54, 1.807) is 16.0 Å². The Balaban J connectivity index is 1.80. The molecule has 0 aliphatic carbocycles. The molecule has 2 fully saturated rings. The summed E-state index contributed by atoms with van der Waals surface area (Å²) in [4.78, 5) is 4.69. The van der Waals surface area contributed by atoms with E-state index in [0.717, 1.165) is 12.8 Å². The fourth-order valence-electron chi connectivity index (χ4n) is 2.87. The summed E-state index contributed by atoms with van der Waals surface area (Å²) in [6.07, 6.45) is 3.54. The Morgan fingerprint density at radius 3 is 2.75 bits per heavy atom. The summed E-state index contributed by atoms with van der Waals surface area (Å²) < 4.78 is 34.4. The SMILES string of the molecule is O=S(=O)(c1c(Cl)nc2sccn12)N1CC2CCC(C1)O2. The Hall–Kier alpha value is -0.670. The number of hydrogen-bond donors (Lipinski definition) is 0. The van der Waals surface area contributed by atoms with Crippen LogP contribution in [0, 0.1) is 0 Å². The van der Waals surface area contributed by atoms with Crippen molar-refractivity contribution in [3.8, 4) is 0 Å². The van der Waals surface area contributed by atoms with Crippen molar-refractivity contribution < 1.29 is 13.2 Å². The number of halogens is 1. The minimum Gasteiger partial charge on any atom is -0.372 e. The Labute approximate surface area is 125 Å². The van der Waals surface area contributed by atoms with E-state index >= 15 is 0 Å². The molecule has 4 rings (SSSR count). The van der Waals surface area contributed by atoms with Crippen molar-refractivity contribution in [1.82, 2.24) is 13.7 Å². The Kier molecular flexibility index (Phi) is 2.87. The molecule has 0 aromatic carbocycles. The molecule has 0 amide bonds. The predicted molar refractivity (Wildman–Crippen MR) is 74.7 cm³/mol. The number of ether oxygens (including phenoxy) is 1. The largest absolute Gasteiger partial charge is 0.372 e. The molecular weight excluding hydrogens is 322 g/mol. The molecule has 9 heteroatoms. The van der Waals surface area contributed by atoms with Gasteiger partial charge >= 0.3 is 0 Å². The highest BCUT2D eigenvalue weighted by molar-refractivity contribution is 7.89. The van der Waals surface area contributed by atoms with Crippen LogP contribution >= 0.6 is 22.9 Å². The average molecular weight is 334 g/mol. The molecule has 0 saturated carbocycles. The van der Waals surface area contributed by atoms with Crippen LogP contribution in [0.3, 0.4) is 0 Å². The fourth-order valence-corrected chi connectivity index (χ4v) is 5.77. The first kappa shape index (κ1) is 13.0. The van der Waals surface area contributed by atoms with Crippen molar-refractivity contribution in [2.75, 3.05) is 13.1 Å². The smallest absolute Gasteiger partial charge is 0.262 e. The van der Waals surface area contributed by atoms with Crippen molar-refractivity contribution in [2.45, 2.75) is 30.1 Å². The highest BCUT2D eigenvalue weighted by Gasteiger charge is 2.41. The van der Waals surface area contributed by atoms with Crippen molar-refractivity contribution in [1.29, 1.82) is 0 Å². The molecule has 0 spiro atoms. The van der Waals surface area contributed by atoms with Crippen molar-refractivity contribution >= 4 is 37.9 Å². The van der Waals surface area contributed by atoms with Gasteiger partial charge in [0, 0.05) is 24.7 Å². The Morgan fingerprint density at radius 2 is 2.05 bits per heavy atom.